The number of hydrogen-bond acceptors (Lipinski definition) is 5. The summed E-state index contributed by atoms with van der Waals surface area (Å²) >= 11 is 0. The third-order valence-electron chi connectivity index (χ3n) is 7.23. The number of allylic oxidation sites excluding steroid dienone is 1. The summed E-state index contributed by atoms with van der Waals surface area (Å²) in [5.41, 5.74) is 6.94. The second-order valence-corrected chi connectivity index (χ2v) is 9.77. The number of ether oxygens (including phenoxy) is 3. The number of nitrogens with one attached hydrogen (secondary N) is 1. The third-order valence-corrected chi connectivity index (χ3v) is 7.23. The first-order valence-electron chi connectivity index (χ1n) is 13.6. The van der Waals surface area contributed by atoms with Crippen LogP contribution in [-0.4, -0.2) is 31.6 Å². The molecule has 0 fully saturated rings. The summed E-state index contributed by atoms with van der Waals surface area (Å²) in [6.45, 7) is 2.67. The van der Waals surface area contributed by atoms with Crippen LogP contribution in [0, 0.1) is 5.41 Å². The number of aryl methyl sites for hydroxylation is 1. The van der Waals surface area contributed by atoms with Gasteiger partial charge in [-0.3, -0.25) is 0 Å². The molecule has 1 aliphatic carbocycles. The van der Waals surface area contributed by atoms with Gasteiger partial charge in [-0.25, -0.2) is 0 Å². The molecular formula is C33H39NO4. The van der Waals surface area contributed by atoms with Gasteiger partial charge in [0.2, 0.25) is 0 Å². The molecule has 3 aromatic rings. The minimum absolute atomic E-state index is 0.495. The van der Waals surface area contributed by atoms with E-state index in [1.165, 1.54) is 18.4 Å². The van der Waals surface area contributed by atoms with E-state index in [1.54, 1.807) is 14.2 Å². The zero-order valence-electron chi connectivity index (χ0n) is 22.8. The number of rotatable bonds is 13. The van der Waals surface area contributed by atoms with E-state index in [0.29, 0.717) is 13.0 Å². The molecule has 38 heavy (non-hydrogen) atoms. The monoisotopic (exact) mass is 513 g/mol. The predicted octanol–water partition coefficient (Wildman–Crippen LogP) is 7.66. The van der Waals surface area contributed by atoms with Gasteiger partial charge in [0, 0.05) is 12.1 Å². The highest BCUT2D eigenvalue weighted by atomic mass is 16.5. The van der Waals surface area contributed by atoms with Gasteiger partial charge in [-0.15, -0.1) is 0 Å². The molecule has 2 N–H and O–H groups in total. The molecule has 0 spiro atoms. The summed E-state index contributed by atoms with van der Waals surface area (Å²) in [5, 5.41) is 19.8. The van der Waals surface area contributed by atoms with E-state index in [4.69, 9.17) is 19.6 Å². The van der Waals surface area contributed by atoms with Gasteiger partial charge in [0.25, 0.3) is 0 Å². The molecule has 0 saturated heterocycles. The number of aliphatic hydroxyl groups excluding tert-OH is 1. The molecule has 3 aromatic carbocycles. The van der Waals surface area contributed by atoms with E-state index in [2.05, 4.69) is 31.2 Å². The normalized spacial score (nSPS) is 13.6. The summed E-state index contributed by atoms with van der Waals surface area (Å²) in [7, 11) is 3.34. The fourth-order valence-corrected chi connectivity index (χ4v) is 5.05. The maximum absolute atomic E-state index is 11.7. The van der Waals surface area contributed by atoms with Gasteiger partial charge in [0.05, 0.1) is 20.8 Å². The maximum atomic E-state index is 11.7. The van der Waals surface area contributed by atoms with Crippen molar-refractivity contribution in [1.29, 1.82) is 5.41 Å². The van der Waals surface area contributed by atoms with E-state index in [-0.39, 0.29) is 0 Å². The lowest BCUT2D eigenvalue weighted by Crippen LogP contribution is -2.12. The van der Waals surface area contributed by atoms with E-state index in [9.17, 15) is 5.11 Å². The standard InChI is InChI=1S/C33H39NO4/c1-4-5-6-7-26(34)20-21-38-28-15-10-24(11-16-28)33(35)32-30(23-8-13-27(36-2)14-9-23)18-12-25-22-29(37-3)17-19-31(25)32/h8-11,13-17,19,22,33-35H,4-7,12,18,20-21H2,1-3H3. The quantitative estimate of drug-likeness (QED) is 0.182. The molecule has 0 saturated carbocycles. The highest BCUT2D eigenvalue weighted by Crippen LogP contribution is 2.44. The molecule has 0 heterocycles. The Morgan fingerprint density at radius 3 is 2.21 bits per heavy atom. The SMILES string of the molecule is CCCCCC(=N)CCOc1ccc(C(O)C2=C(c3ccc(OC)cc3)CCc3cc(OC)ccc32)cc1. The molecule has 4 rings (SSSR count). The Morgan fingerprint density at radius 1 is 0.842 bits per heavy atom. The average molecular weight is 514 g/mol. The minimum atomic E-state index is -0.791. The molecule has 5 nitrogen and oxygen atoms in total. The Labute approximate surface area is 226 Å². The van der Waals surface area contributed by atoms with Gasteiger partial charge in [-0.05, 0) is 95.5 Å². The lowest BCUT2D eigenvalue weighted by atomic mass is 9.79. The van der Waals surface area contributed by atoms with Crippen molar-refractivity contribution >= 4 is 16.9 Å². The van der Waals surface area contributed by atoms with Crippen LogP contribution in [0.25, 0.3) is 11.1 Å². The topological polar surface area (TPSA) is 71.8 Å². The molecule has 0 amide bonds. The Bertz CT molecular complexity index is 1240. The summed E-state index contributed by atoms with van der Waals surface area (Å²) in [5.74, 6) is 2.38. The van der Waals surface area contributed by atoms with Crippen molar-refractivity contribution in [3.63, 3.8) is 0 Å². The lowest BCUT2D eigenvalue weighted by molar-refractivity contribution is 0.238. The molecule has 5 heteroatoms. The van der Waals surface area contributed by atoms with Crippen molar-refractivity contribution in [1.82, 2.24) is 0 Å². The summed E-state index contributed by atoms with van der Waals surface area (Å²) in [4.78, 5) is 0. The van der Waals surface area contributed by atoms with Crippen molar-refractivity contribution in [2.75, 3.05) is 20.8 Å². The second kappa shape index (κ2) is 13.3. The first-order chi connectivity index (χ1) is 18.5. The van der Waals surface area contributed by atoms with Gasteiger partial charge < -0.3 is 24.7 Å². The third kappa shape index (κ3) is 6.65. The Hall–Kier alpha value is -3.57. The second-order valence-electron chi connectivity index (χ2n) is 9.77. The van der Waals surface area contributed by atoms with Gasteiger partial charge in [0.1, 0.15) is 23.4 Å². The minimum Gasteiger partial charge on any atom is -0.497 e. The van der Waals surface area contributed by atoms with Crippen molar-refractivity contribution in [2.24, 2.45) is 0 Å². The highest BCUT2D eigenvalue weighted by molar-refractivity contribution is 5.95. The predicted molar refractivity (Wildman–Crippen MR) is 155 cm³/mol. The van der Waals surface area contributed by atoms with Crippen molar-refractivity contribution in [3.05, 3.63) is 89.0 Å². The largest absolute Gasteiger partial charge is 0.497 e. The van der Waals surface area contributed by atoms with Crippen LogP contribution in [-0.2, 0) is 6.42 Å². The van der Waals surface area contributed by atoms with E-state index >= 15 is 0 Å². The molecule has 0 radical (unpaired) electrons. The van der Waals surface area contributed by atoms with Gasteiger partial charge in [-0.1, -0.05) is 50.1 Å². The van der Waals surface area contributed by atoms with E-state index in [1.807, 2.05) is 42.5 Å². The van der Waals surface area contributed by atoms with Crippen LogP contribution in [0.1, 0.15) is 73.8 Å². The van der Waals surface area contributed by atoms with Crippen LogP contribution in [0.4, 0.5) is 0 Å². The molecule has 200 valence electrons. The molecule has 1 atom stereocenters. The molecule has 0 bridgehead atoms. The summed E-state index contributed by atoms with van der Waals surface area (Å²) < 4.78 is 16.7. The first-order valence-corrected chi connectivity index (χ1v) is 13.6. The summed E-state index contributed by atoms with van der Waals surface area (Å²) in [6.07, 6.45) is 5.82. The van der Waals surface area contributed by atoms with Crippen LogP contribution in [0.5, 0.6) is 17.2 Å². The van der Waals surface area contributed by atoms with Crippen LogP contribution in [0.15, 0.2) is 66.7 Å². The fraction of sp³-hybridized carbons (Fsp3) is 0.364. The van der Waals surface area contributed by atoms with E-state index in [0.717, 1.165) is 76.5 Å². The summed E-state index contributed by atoms with van der Waals surface area (Å²) in [6, 6.07) is 21.8. The average Bonchev–Trinajstić information content (AvgIpc) is 2.96. The van der Waals surface area contributed by atoms with Gasteiger partial charge >= 0.3 is 0 Å². The van der Waals surface area contributed by atoms with Crippen LogP contribution < -0.4 is 14.2 Å². The van der Waals surface area contributed by atoms with Gasteiger partial charge in [-0.2, -0.15) is 0 Å². The zero-order chi connectivity index (χ0) is 26.9. The van der Waals surface area contributed by atoms with Crippen LogP contribution >= 0.6 is 0 Å². The smallest absolute Gasteiger partial charge is 0.119 e. The Morgan fingerprint density at radius 2 is 1.53 bits per heavy atom. The number of aliphatic hydroxyl groups is 1. The van der Waals surface area contributed by atoms with E-state index < -0.39 is 6.10 Å². The highest BCUT2D eigenvalue weighted by Gasteiger charge is 2.27. The maximum Gasteiger partial charge on any atom is 0.119 e. The Kier molecular flexibility index (Phi) is 9.61. The lowest BCUT2D eigenvalue weighted by Gasteiger charge is -2.28. The number of fused-ring (bicyclic) bond motifs is 1. The molecular weight excluding hydrogens is 474 g/mol. The molecule has 0 aliphatic heterocycles. The molecule has 1 unspecified atom stereocenters. The molecule has 0 aromatic heterocycles. The van der Waals surface area contributed by atoms with Crippen LogP contribution in [0.2, 0.25) is 0 Å². The first kappa shape index (κ1) is 27.5. The van der Waals surface area contributed by atoms with Crippen molar-refractivity contribution < 1.29 is 19.3 Å². The number of methoxy groups -OCH3 is 2. The number of hydrogen-bond donors (Lipinski definition) is 2. The fourth-order valence-electron chi connectivity index (χ4n) is 5.05. The van der Waals surface area contributed by atoms with Crippen molar-refractivity contribution in [2.45, 2.75) is 58.0 Å². The number of unbranched alkanes of at least 4 members (excludes halogenated alkanes) is 2. The Balaban J connectivity index is 1.56. The zero-order valence-corrected chi connectivity index (χ0v) is 22.8. The van der Waals surface area contributed by atoms with Crippen molar-refractivity contribution in [3.8, 4) is 17.2 Å². The number of benzene rings is 3. The molecule has 1 aliphatic rings. The van der Waals surface area contributed by atoms with Crippen LogP contribution in [0.3, 0.4) is 0 Å². The van der Waals surface area contributed by atoms with Gasteiger partial charge in [0.15, 0.2) is 0 Å².